The number of rotatable bonds is 5. The summed E-state index contributed by atoms with van der Waals surface area (Å²) in [5, 5.41) is 4.26. The third-order valence-corrected chi connectivity index (χ3v) is 4.30. The van der Waals surface area contributed by atoms with Crippen LogP contribution in [0, 0.1) is 0 Å². The second-order valence-corrected chi connectivity index (χ2v) is 5.95. The lowest BCUT2D eigenvalue weighted by Crippen LogP contribution is -2.04. The summed E-state index contributed by atoms with van der Waals surface area (Å²) in [5.41, 5.74) is 2.99. The van der Waals surface area contributed by atoms with Gasteiger partial charge in [-0.05, 0) is 37.1 Å². The summed E-state index contributed by atoms with van der Waals surface area (Å²) in [6.07, 6.45) is 0.968. The van der Waals surface area contributed by atoms with Crippen LogP contribution in [-0.4, -0.2) is 17.3 Å². The zero-order chi connectivity index (χ0) is 14.7. The van der Waals surface area contributed by atoms with Gasteiger partial charge in [-0.25, -0.2) is 4.98 Å². The minimum atomic E-state index is 0.0869. The molecule has 3 rings (SSSR count). The summed E-state index contributed by atoms with van der Waals surface area (Å²) >= 11 is 1.59. The van der Waals surface area contributed by atoms with Crippen LogP contribution in [0.25, 0.3) is 10.2 Å². The van der Waals surface area contributed by atoms with Crippen molar-refractivity contribution in [1.29, 1.82) is 0 Å². The Morgan fingerprint density at radius 2 is 2.00 bits per heavy atom. The van der Waals surface area contributed by atoms with Gasteiger partial charge in [0.15, 0.2) is 10.9 Å². The van der Waals surface area contributed by atoms with Gasteiger partial charge in [0.1, 0.15) is 0 Å². The smallest absolute Gasteiger partial charge is 0.183 e. The van der Waals surface area contributed by atoms with Crippen molar-refractivity contribution in [3.63, 3.8) is 0 Å². The van der Waals surface area contributed by atoms with Gasteiger partial charge < -0.3 is 5.32 Å². The molecule has 106 valence electrons. The number of nitrogens with one attached hydrogen (secondary N) is 1. The van der Waals surface area contributed by atoms with Gasteiger partial charge in [-0.1, -0.05) is 41.7 Å². The minimum Gasteiger partial charge on any atom is -0.361 e. The molecule has 1 aromatic heterocycles. The number of anilines is 1. The number of carbonyl (C=O) groups excluding carboxylic acids is 1. The zero-order valence-electron chi connectivity index (χ0n) is 11.8. The fourth-order valence-electron chi connectivity index (χ4n) is 2.18. The van der Waals surface area contributed by atoms with Crippen molar-refractivity contribution in [2.24, 2.45) is 0 Å². The Balaban J connectivity index is 1.68. The number of hydrogen-bond acceptors (Lipinski definition) is 4. The molecule has 3 aromatic rings. The molecular formula is C17H16N2OS. The number of aromatic nitrogens is 1. The molecule has 0 saturated carbocycles. The van der Waals surface area contributed by atoms with Crippen LogP contribution in [0.2, 0.25) is 0 Å². The lowest BCUT2D eigenvalue weighted by molar-refractivity contribution is 0.101. The van der Waals surface area contributed by atoms with Crippen molar-refractivity contribution >= 4 is 32.5 Å². The van der Waals surface area contributed by atoms with Crippen molar-refractivity contribution in [3.8, 4) is 0 Å². The molecule has 0 spiro atoms. The van der Waals surface area contributed by atoms with Crippen molar-refractivity contribution in [1.82, 2.24) is 4.98 Å². The van der Waals surface area contributed by atoms with E-state index in [1.54, 1.807) is 18.3 Å². The van der Waals surface area contributed by atoms with Crippen molar-refractivity contribution in [3.05, 3.63) is 59.7 Å². The summed E-state index contributed by atoms with van der Waals surface area (Å²) in [7, 11) is 0. The molecule has 0 aliphatic carbocycles. The molecule has 2 aromatic carbocycles. The number of benzene rings is 2. The Morgan fingerprint density at radius 1 is 1.19 bits per heavy atom. The van der Waals surface area contributed by atoms with Crippen LogP contribution in [0.1, 0.15) is 22.8 Å². The van der Waals surface area contributed by atoms with Gasteiger partial charge in [0.25, 0.3) is 0 Å². The molecule has 0 aliphatic rings. The topological polar surface area (TPSA) is 42.0 Å². The molecule has 0 atom stereocenters. The van der Waals surface area contributed by atoms with Gasteiger partial charge in [-0.15, -0.1) is 0 Å². The SMILES string of the molecule is CC(=O)c1ccc2nc(NCCc3ccccc3)sc2c1. The highest BCUT2D eigenvalue weighted by Crippen LogP contribution is 2.26. The van der Waals surface area contributed by atoms with Crippen LogP contribution in [0.5, 0.6) is 0 Å². The minimum absolute atomic E-state index is 0.0869. The fraction of sp³-hybridized carbons (Fsp3) is 0.176. The first-order valence-electron chi connectivity index (χ1n) is 6.92. The number of ketones is 1. The van der Waals surface area contributed by atoms with E-state index in [1.807, 2.05) is 24.3 Å². The lowest BCUT2D eigenvalue weighted by atomic mass is 10.1. The van der Waals surface area contributed by atoms with Gasteiger partial charge in [0.2, 0.25) is 0 Å². The first-order valence-corrected chi connectivity index (χ1v) is 7.73. The number of nitrogens with zero attached hydrogens (tertiary/aromatic N) is 1. The van der Waals surface area contributed by atoms with Crippen LogP contribution >= 0.6 is 11.3 Å². The van der Waals surface area contributed by atoms with Gasteiger partial charge in [-0.2, -0.15) is 0 Å². The van der Waals surface area contributed by atoms with Crippen molar-refractivity contribution in [2.75, 3.05) is 11.9 Å². The van der Waals surface area contributed by atoms with E-state index in [4.69, 9.17) is 0 Å². The Hall–Kier alpha value is -2.20. The number of carbonyl (C=O) groups is 1. The van der Waals surface area contributed by atoms with Crippen LogP contribution in [-0.2, 0) is 6.42 Å². The summed E-state index contributed by atoms with van der Waals surface area (Å²) < 4.78 is 1.05. The lowest BCUT2D eigenvalue weighted by Gasteiger charge is -2.02. The summed E-state index contributed by atoms with van der Waals surface area (Å²) in [6, 6.07) is 16.0. The molecule has 0 amide bonds. The Kier molecular flexibility index (Phi) is 3.97. The normalized spacial score (nSPS) is 10.7. The summed E-state index contributed by atoms with van der Waals surface area (Å²) in [5.74, 6) is 0.0869. The van der Waals surface area contributed by atoms with Gasteiger partial charge in [-0.3, -0.25) is 4.79 Å². The Morgan fingerprint density at radius 3 is 2.76 bits per heavy atom. The predicted octanol–water partition coefficient (Wildman–Crippen LogP) is 4.15. The van der Waals surface area contributed by atoms with E-state index in [1.165, 1.54) is 5.56 Å². The van der Waals surface area contributed by atoms with Crippen molar-refractivity contribution in [2.45, 2.75) is 13.3 Å². The van der Waals surface area contributed by atoms with E-state index in [2.05, 4.69) is 34.6 Å². The molecule has 1 heterocycles. The number of hydrogen-bond donors (Lipinski definition) is 1. The largest absolute Gasteiger partial charge is 0.361 e. The number of fused-ring (bicyclic) bond motifs is 1. The van der Waals surface area contributed by atoms with E-state index in [0.29, 0.717) is 0 Å². The Bertz CT molecular complexity index is 765. The summed E-state index contributed by atoms with van der Waals surface area (Å²) in [4.78, 5) is 15.9. The first kappa shape index (κ1) is 13.8. The molecule has 0 saturated heterocycles. The zero-order valence-corrected chi connectivity index (χ0v) is 12.6. The van der Waals surface area contributed by atoms with E-state index in [0.717, 1.165) is 33.9 Å². The van der Waals surface area contributed by atoms with Gasteiger partial charge in [0.05, 0.1) is 10.2 Å². The standard InChI is InChI=1S/C17H16N2OS/c1-12(20)14-7-8-15-16(11-14)21-17(19-15)18-10-9-13-5-3-2-4-6-13/h2-8,11H,9-10H2,1H3,(H,18,19). The quantitative estimate of drug-likeness (QED) is 0.719. The van der Waals surface area contributed by atoms with Crippen LogP contribution in [0.4, 0.5) is 5.13 Å². The average molecular weight is 296 g/mol. The third kappa shape index (κ3) is 3.28. The molecule has 0 aliphatic heterocycles. The highest BCUT2D eigenvalue weighted by atomic mass is 32.1. The number of Topliss-reactive ketones (excluding diaryl/α,β-unsaturated/α-hetero) is 1. The highest BCUT2D eigenvalue weighted by Gasteiger charge is 2.06. The molecule has 1 N–H and O–H groups in total. The van der Waals surface area contributed by atoms with Gasteiger partial charge in [0, 0.05) is 12.1 Å². The van der Waals surface area contributed by atoms with Crippen LogP contribution < -0.4 is 5.32 Å². The van der Waals surface area contributed by atoms with Crippen molar-refractivity contribution < 1.29 is 4.79 Å². The maximum absolute atomic E-state index is 11.4. The van der Waals surface area contributed by atoms with Crippen LogP contribution in [0.15, 0.2) is 48.5 Å². The predicted molar refractivity (Wildman–Crippen MR) is 88.3 cm³/mol. The van der Waals surface area contributed by atoms with E-state index >= 15 is 0 Å². The molecule has 0 bridgehead atoms. The molecule has 3 nitrogen and oxygen atoms in total. The molecule has 21 heavy (non-hydrogen) atoms. The maximum atomic E-state index is 11.4. The van der Waals surface area contributed by atoms with E-state index < -0.39 is 0 Å². The molecule has 0 radical (unpaired) electrons. The highest BCUT2D eigenvalue weighted by molar-refractivity contribution is 7.22. The average Bonchev–Trinajstić information content (AvgIpc) is 2.90. The maximum Gasteiger partial charge on any atom is 0.183 e. The fourth-order valence-corrected chi connectivity index (χ4v) is 3.11. The molecule has 0 fully saturated rings. The third-order valence-electron chi connectivity index (χ3n) is 3.33. The second-order valence-electron chi connectivity index (χ2n) is 4.92. The summed E-state index contributed by atoms with van der Waals surface area (Å²) in [6.45, 7) is 2.44. The number of thiazole rings is 1. The Labute approximate surface area is 127 Å². The second kappa shape index (κ2) is 6.06. The first-order chi connectivity index (χ1) is 10.2. The monoisotopic (exact) mass is 296 g/mol. The van der Waals surface area contributed by atoms with E-state index in [-0.39, 0.29) is 5.78 Å². The van der Waals surface area contributed by atoms with E-state index in [9.17, 15) is 4.79 Å². The molecule has 0 unspecified atom stereocenters. The molecular weight excluding hydrogens is 280 g/mol. The van der Waals surface area contributed by atoms with Gasteiger partial charge >= 0.3 is 0 Å². The van der Waals surface area contributed by atoms with Crippen LogP contribution in [0.3, 0.4) is 0 Å². The molecule has 4 heteroatoms.